The van der Waals surface area contributed by atoms with Crippen LogP contribution in [-0.4, -0.2) is 12.0 Å². The molecular formula is C14H21NO2. The Hall–Kier alpha value is -1.35. The molecule has 0 aliphatic heterocycles. The van der Waals surface area contributed by atoms with E-state index in [0.717, 1.165) is 5.56 Å². The van der Waals surface area contributed by atoms with Crippen molar-refractivity contribution in [3.63, 3.8) is 0 Å². The van der Waals surface area contributed by atoms with Crippen molar-refractivity contribution >= 4 is 5.97 Å². The van der Waals surface area contributed by atoms with Gasteiger partial charge in [0, 0.05) is 0 Å². The molecule has 0 saturated carbocycles. The largest absolute Gasteiger partial charge is 0.457 e. The summed E-state index contributed by atoms with van der Waals surface area (Å²) in [7, 11) is 0. The molecular weight excluding hydrogens is 214 g/mol. The van der Waals surface area contributed by atoms with Crippen molar-refractivity contribution in [3.05, 3.63) is 35.9 Å². The SMILES string of the molecule is CC(OC(=O)C(N)C(C)(C)C)c1ccccc1. The van der Waals surface area contributed by atoms with Crippen LogP contribution in [0.4, 0.5) is 0 Å². The van der Waals surface area contributed by atoms with E-state index in [4.69, 9.17) is 10.5 Å². The first kappa shape index (κ1) is 13.7. The minimum atomic E-state index is -0.603. The maximum atomic E-state index is 11.8. The van der Waals surface area contributed by atoms with Crippen molar-refractivity contribution in [2.24, 2.45) is 11.1 Å². The van der Waals surface area contributed by atoms with Gasteiger partial charge in [0.05, 0.1) is 0 Å². The van der Waals surface area contributed by atoms with E-state index in [-0.39, 0.29) is 17.5 Å². The Bertz CT molecular complexity index is 368. The first-order chi connectivity index (χ1) is 7.82. The highest BCUT2D eigenvalue weighted by molar-refractivity contribution is 5.76. The zero-order chi connectivity index (χ0) is 13.1. The van der Waals surface area contributed by atoms with Crippen molar-refractivity contribution in [3.8, 4) is 0 Å². The minimum absolute atomic E-state index is 0.267. The van der Waals surface area contributed by atoms with Gasteiger partial charge in [0.15, 0.2) is 0 Å². The molecule has 17 heavy (non-hydrogen) atoms. The number of carbonyl (C=O) groups excluding carboxylic acids is 1. The number of hydrogen-bond donors (Lipinski definition) is 1. The molecule has 2 unspecified atom stereocenters. The van der Waals surface area contributed by atoms with Crippen molar-refractivity contribution in [1.29, 1.82) is 0 Å². The summed E-state index contributed by atoms with van der Waals surface area (Å²) >= 11 is 0. The van der Waals surface area contributed by atoms with Crippen LogP contribution in [0.25, 0.3) is 0 Å². The fourth-order valence-corrected chi connectivity index (χ4v) is 1.39. The van der Waals surface area contributed by atoms with Crippen molar-refractivity contribution in [2.45, 2.75) is 39.8 Å². The second-order valence-electron chi connectivity index (χ2n) is 5.33. The molecule has 2 N–H and O–H groups in total. The number of benzene rings is 1. The molecule has 94 valence electrons. The maximum Gasteiger partial charge on any atom is 0.324 e. The number of nitrogens with two attached hydrogens (primary N) is 1. The van der Waals surface area contributed by atoms with Gasteiger partial charge < -0.3 is 10.5 Å². The second kappa shape index (κ2) is 5.32. The van der Waals surface area contributed by atoms with Crippen LogP contribution in [0.5, 0.6) is 0 Å². The van der Waals surface area contributed by atoms with Gasteiger partial charge in [-0.05, 0) is 17.9 Å². The molecule has 0 fully saturated rings. The van der Waals surface area contributed by atoms with Crippen molar-refractivity contribution in [2.75, 3.05) is 0 Å². The topological polar surface area (TPSA) is 52.3 Å². The van der Waals surface area contributed by atoms with E-state index in [2.05, 4.69) is 0 Å². The lowest BCUT2D eigenvalue weighted by atomic mass is 9.87. The highest BCUT2D eigenvalue weighted by atomic mass is 16.5. The van der Waals surface area contributed by atoms with E-state index in [9.17, 15) is 4.79 Å². The summed E-state index contributed by atoms with van der Waals surface area (Å²) in [5, 5.41) is 0. The fourth-order valence-electron chi connectivity index (χ4n) is 1.39. The summed E-state index contributed by atoms with van der Waals surface area (Å²) in [6, 6.07) is 9.03. The normalized spacial score (nSPS) is 15.1. The highest BCUT2D eigenvalue weighted by Gasteiger charge is 2.29. The van der Waals surface area contributed by atoms with Gasteiger partial charge in [-0.15, -0.1) is 0 Å². The lowest BCUT2D eigenvalue weighted by Gasteiger charge is -2.26. The lowest BCUT2D eigenvalue weighted by Crippen LogP contribution is -2.43. The molecule has 0 bridgehead atoms. The molecule has 0 radical (unpaired) electrons. The Kier molecular flexibility index (Phi) is 4.29. The molecule has 0 saturated heterocycles. The van der Waals surface area contributed by atoms with Crippen molar-refractivity contribution < 1.29 is 9.53 Å². The second-order valence-corrected chi connectivity index (χ2v) is 5.33. The fraction of sp³-hybridized carbons (Fsp3) is 0.500. The molecule has 1 aromatic rings. The molecule has 0 heterocycles. The Morgan fingerprint density at radius 3 is 2.24 bits per heavy atom. The van der Waals surface area contributed by atoms with E-state index in [0.29, 0.717) is 0 Å². The monoisotopic (exact) mass is 235 g/mol. The quantitative estimate of drug-likeness (QED) is 0.819. The lowest BCUT2D eigenvalue weighted by molar-refractivity contribution is -0.152. The van der Waals surface area contributed by atoms with Gasteiger partial charge in [-0.25, -0.2) is 0 Å². The van der Waals surface area contributed by atoms with Gasteiger partial charge in [0.25, 0.3) is 0 Å². The molecule has 3 heteroatoms. The van der Waals surface area contributed by atoms with Crippen LogP contribution in [0.2, 0.25) is 0 Å². The number of hydrogen-bond acceptors (Lipinski definition) is 3. The van der Waals surface area contributed by atoms with Crippen LogP contribution in [0.1, 0.15) is 39.4 Å². The van der Waals surface area contributed by atoms with Gasteiger partial charge >= 0.3 is 5.97 Å². The predicted octanol–water partition coefficient (Wildman–Crippen LogP) is 2.66. The van der Waals surface area contributed by atoms with E-state index in [1.807, 2.05) is 58.0 Å². The highest BCUT2D eigenvalue weighted by Crippen LogP contribution is 2.22. The molecule has 3 nitrogen and oxygen atoms in total. The molecule has 2 atom stereocenters. The standard InChI is InChI=1S/C14H21NO2/c1-10(11-8-6-5-7-9-11)17-13(16)12(15)14(2,3)4/h5-10,12H,15H2,1-4H3. The molecule has 1 aromatic carbocycles. The average molecular weight is 235 g/mol. The number of esters is 1. The molecule has 0 aromatic heterocycles. The molecule has 0 aliphatic rings. The van der Waals surface area contributed by atoms with Crippen LogP contribution in [0.15, 0.2) is 30.3 Å². The van der Waals surface area contributed by atoms with E-state index in [1.54, 1.807) is 0 Å². The first-order valence-corrected chi connectivity index (χ1v) is 5.83. The van der Waals surface area contributed by atoms with Gasteiger partial charge in [0.1, 0.15) is 12.1 Å². The Morgan fingerprint density at radius 1 is 1.24 bits per heavy atom. The summed E-state index contributed by atoms with van der Waals surface area (Å²) in [5.74, 6) is -0.353. The minimum Gasteiger partial charge on any atom is -0.457 e. The van der Waals surface area contributed by atoms with Crippen LogP contribution < -0.4 is 5.73 Å². The van der Waals surface area contributed by atoms with E-state index >= 15 is 0 Å². The summed E-state index contributed by atoms with van der Waals surface area (Å²) in [6.07, 6.45) is -0.267. The third-order valence-electron chi connectivity index (χ3n) is 2.75. The smallest absolute Gasteiger partial charge is 0.324 e. The Balaban J connectivity index is 2.64. The summed E-state index contributed by atoms with van der Waals surface area (Å²) in [5.41, 5.74) is 6.54. The van der Waals surface area contributed by atoms with Crippen LogP contribution >= 0.6 is 0 Å². The molecule has 0 aliphatic carbocycles. The number of rotatable bonds is 3. The van der Waals surface area contributed by atoms with Gasteiger partial charge in [0.2, 0.25) is 0 Å². The zero-order valence-electron chi connectivity index (χ0n) is 10.9. The summed E-state index contributed by atoms with van der Waals surface area (Å²) in [4.78, 5) is 11.8. The van der Waals surface area contributed by atoms with E-state index < -0.39 is 6.04 Å². The molecule has 1 rings (SSSR count). The van der Waals surface area contributed by atoms with E-state index in [1.165, 1.54) is 0 Å². The Labute approximate surface area is 103 Å². The zero-order valence-corrected chi connectivity index (χ0v) is 10.9. The number of carbonyl (C=O) groups is 1. The maximum absolute atomic E-state index is 11.8. The molecule has 0 amide bonds. The Morgan fingerprint density at radius 2 is 1.76 bits per heavy atom. The van der Waals surface area contributed by atoms with Gasteiger partial charge in [-0.2, -0.15) is 0 Å². The number of ether oxygens (including phenoxy) is 1. The van der Waals surface area contributed by atoms with Gasteiger partial charge in [-0.1, -0.05) is 51.1 Å². The van der Waals surface area contributed by atoms with Crippen LogP contribution in [0.3, 0.4) is 0 Å². The third-order valence-corrected chi connectivity index (χ3v) is 2.75. The van der Waals surface area contributed by atoms with Gasteiger partial charge in [-0.3, -0.25) is 4.79 Å². The van der Waals surface area contributed by atoms with Crippen molar-refractivity contribution in [1.82, 2.24) is 0 Å². The average Bonchev–Trinajstić information content (AvgIpc) is 2.27. The predicted molar refractivity (Wildman–Crippen MR) is 68.4 cm³/mol. The first-order valence-electron chi connectivity index (χ1n) is 5.83. The summed E-state index contributed by atoms with van der Waals surface area (Å²) < 4.78 is 5.36. The van der Waals surface area contributed by atoms with Crippen LogP contribution in [-0.2, 0) is 9.53 Å². The molecule has 0 spiro atoms. The third kappa shape index (κ3) is 3.86. The summed E-state index contributed by atoms with van der Waals surface area (Å²) in [6.45, 7) is 7.62. The van der Waals surface area contributed by atoms with Crippen LogP contribution in [0, 0.1) is 5.41 Å².